The lowest BCUT2D eigenvalue weighted by atomic mass is 10.1. The lowest BCUT2D eigenvalue weighted by Crippen LogP contribution is -2.24. The van der Waals surface area contributed by atoms with E-state index in [9.17, 15) is 0 Å². The van der Waals surface area contributed by atoms with Gasteiger partial charge in [0.25, 0.3) is 0 Å². The summed E-state index contributed by atoms with van der Waals surface area (Å²) in [5.74, 6) is 1.18. The SMILES string of the molecule is NC(=NC(=Nc1ccccc1)C1=CCNCC1)c1ccccc1. The highest BCUT2D eigenvalue weighted by Gasteiger charge is 2.11. The molecule has 0 saturated heterocycles. The number of nitrogens with zero attached hydrogens (tertiary/aromatic N) is 2. The minimum Gasteiger partial charge on any atom is -0.383 e. The topological polar surface area (TPSA) is 62.8 Å². The number of rotatable bonds is 3. The Morgan fingerprint density at radius 2 is 1.65 bits per heavy atom. The Balaban J connectivity index is 1.98. The van der Waals surface area contributed by atoms with E-state index in [0.29, 0.717) is 11.7 Å². The third-order valence-corrected chi connectivity index (χ3v) is 3.64. The van der Waals surface area contributed by atoms with Gasteiger partial charge in [0, 0.05) is 12.1 Å². The number of nitrogens with two attached hydrogens (primary N) is 1. The summed E-state index contributed by atoms with van der Waals surface area (Å²) in [6.07, 6.45) is 3.03. The van der Waals surface area contributed by atoms with Crippen molar-refractivity contribution in [1.82, 2.24) is 5.32 Å². The van der Waals surface area contributed by atoms with Gasteiger partial charge in [0.2, 0.25) is 0 Å². The van der Waals surface area contributed by atoms with Crippen molar-refractivity contribution in [2.75, 3.05) is 13.1 Å². The van der Waals surface area contributed by atoms with E-state index in [1.165, 1.54) is 0 Å². The van der Waals surface area contributed by atoms with E-state index in [2.05, 4.69) is 16.4 Å². The third kappa shape index (κ3) is 4.14. The summed E-state index contributed by atoms with van der Waals surface area (Å²) in [4.78, 5) is 9.31. The highest BCUT2D eigenvalue weighted by atomic mass is 15.0. The van der Waals surface area contributed by atoms with E-state index in [1.807, 2.05) is 60.7 Å². The molecule has 3 rings (SSSR count). The van der Waals surface area contributed by atoms with Gasteiger partial charge in [-0.3, -0.25) is 0 Å². The maximum Gasteiger partial charge on any atom is 0.157 e. The molecule has 0 amide bonds. The summed E-state index contributed by atoms with van der Waals surface area (Å²) in [5.41, 5.74) is 9.10. The first-order chi connectivity index (χ1) is 11.3. The van der Waals surface area contributed by atoms with Crippen LogP contribution < -0.4 is 11.1 Å². The van der Waals surface area contributed by atoms with Crippen molar-refractivity contribution >= 4 is 17.4 Å². The first-order valence-electron chi connectivity index (χ1n) is 7.76. The van der Waals surface area contributed by atoms with Crippen molar-refractivity contribution in [3.63, 3.8) is 0 Å². The van der Waals surface area contributed by atoms with Crippen LogP contribution in [-0.2, 0) is 0 Å². The molecule has 1 aliphatic rings. The Morgan fingerprint density at radius 1 is 0.957 bits per heavy atom. The zero-order valence-electron chi connectivity index (χ0n) is 12.9. The molecule has 1 heterocycles. The monoisotopic (exact) mass is 304 g/mol. The Hall–Kier alpha value is -2.72. The molecule has 2 aromatic rings. The summed E-state index contributed by atoms with van der Waals surface area (Å²) in [5, 5.41) is 3.31. The second-order valence-electron chi connectivity index (χ2n) is 5.32. The molecule has 0 bridgehead atoms. The fourth-order valence-electron chi connectivity index (χ4n) is 2.41. The molecule has 116 valence electrons. The summed E-state index contributed by atoms with van der Waals surface area (Å²) in [7, 11) is 0. The molecule has 0 radical (unpaired) electrons. The molecule has 0 spiro atoms. The summed E-state index contributed by atoms with van der Waals surface area (Å²) in [6.45, 7) is 1.77. The lowest BCUT2D eigenvalue weighted by Gasteiger charge is -2.14. The minimum absolute atomic E-state index is 0.486. The van der Waals surface area contributed by atoms with Crippen LogP contribution in [0.1, 0.15) is 12.0 Å². The molecular weight excluding hydrogens is 284 g/mol. The highest BCUT2D eigenvalue weighted by Crippen LogP contribution is 2.16. The quantitative estimate of drug-likeness (QED) is 0.676. The van der Waals surface area contributed by atoms with Gasteiger partial charge < -0.3 is 11.1 Å². The van der Waals surface area contributed by atoms with Crippen molar-refractivity contribution in [2.24, 2.45) is 15.7 Å². The predicted octanol–water partition coefficient (Wildman–Crippen LogP) is 3.04. The average molecular weight is 304 g/mol. The highest BCUT2D eigenvalue weighted by molar-refractivity contribution is 6.11. The molecule has 4 nitrogen and oxygen atoms in total. The molecule has 0 fully saturated rings. The number of amidine groups is 2. The maximum absolute atomic E-state index is 6.18. The minimum atomic E-state index is 0.486. The van der Waals surface area contributed by atoms with Gasteiger partial charge in [0.15, 0.2) is 5.84 Å². The molecule has 4 heteroatoms. The molecule has 2 aromatic carbocycles. The first kappa shape index (κ1) is 15.2. The van der Waals surface area contributed by atoms with Gasteiger partial charge in [-0.1, -0.05) is 54.6 Å². The van der Waals surface area contributed by atoms with Crippen LogP contribution in [0.5, 0.6) is 0 Å². The van der Waals surface area contributed by atoms with Gasteiger partial charge in [-0.2, -0.15) is 0 Å². The molecule has 23 heavy (non-hydrogen) atoms. The van der Waals surface area contributed by atoms with E-state index in [-0.39, 0.29) is 0 Å². The zero-order valence-corrected chi connectivity index (χ0v) is 12.9. The van der Waals surface area contributed by atoms with Gasteiger partial charge in [-0.05, 0) is 30.7 Å². The van der Waals surface area contributed by atoms with E-state index < -0.39 is 0 Å². The molecule has 0 aromatic heterocycles. The maximum atomic E-state index is 6.18. The smallest absolute Gasteiger partial charge is 0.157 e. The second kappa shape index (κ2) is 7.51. The summed E-state index contributed by atoms with van der Waals surface area (Å²) >= 11 is 0. The van der Waals surface area contributed by atoms with E-state index >= 15 is 0 Å². The third-order valence-electron chi connectivity index (χ3n) is 3.64. The Labute approximate surface area is 136 Å². The average Bonchev–Trinajstić information content (AvgIpc) is 2.63. The molecule has 0 atom stereocenters. The number of aliphatic imine (C=N–C) groups is 2. The van der Waals surface area contributed by atoms with Crippen LogP contribution in [0.25, 0.3) is 0 Å². The van der Waals surface area contributed by atoms with Crippen LogP contribution in [0.4, 0.5) is 5.69 Å². The van der Waals surface area contributed by atoms with Gasteiger partial charge in [0.05, 0.1) is 5.69 Å². The number of hydrogen-bond acceptors (Lipinski definition) is 2. The number of nitrogens with one attached hydrogen (secondary N) is 1. The lowest BCUT2D eigenvalue weighted by molar-refractivity contribution is 0.716. The van der Waals surface area contributed by atoms with Gasteiger partial charge in [0.1, 0.15) is 5.84 Å². The summed E-state index contributed by atoms with van der Waals surface area (Å²) in [6, 6.07) is 19.6. The van der Waals surface area contributed by atoms with Crippen molar-refractivity contribution in [2.45, 2.75) is 6.42 Å². The standard InChI is InChI=1S/C19H20N4/c20-18(15-7-3-1-4-8-15)23-19(16-11-13-21-14-12-16)22-17-9-5-2-6-10-17/h1-11,21H,12-14H2,(H2,20,22,23). The molecule has 0 aliphatic carbocycles. The zero-order chi connectivity index (χ0) is 15.9. The Kier molecular flexibility index (Phi) is 4.96. The number of benzene rings is 2. The normalized spacial score (nSPS) is 16.1. The first-order valence-corrected chi connectivity index (χ1v) is 7.76. The van der Waals surface area contributed by atoms with Crippen molar-refractivity contribution < 1.29 is 0 Å². The van der Waals surface area contributed by atoms with Crippen LogP contribution >= 0.6 is 0 Å². The molecular formula is C19H20N4. The van der Waals surface area contributed by atoms with Crippen LogP contribution in [-0.4, -0.2) is 24.8 Å². The fraction of sp³-hybridized carbons (Fsp3) is 0.158. The van der Waals surface area contributed by atoms with E-state index in [0.717, 1.165) is 36.3 Å². The molecule has 1 aliphatic heterocycles. The fourth-order valence-corrected chi connectivity index (χ4v) is 2.41. The number of para-hydroxylation sites is 1. The van der Waals surface area contributed by atoms with Gasteiger partial charge in [-0.15, -0.1) is 0 Å². The Bertz CT molecular complexity index is 730. The number of hydrogen-bond donors (Lipinski definition) is 2. The summed E-state index contributed by atoms with van der Waals surface area (Å²) < 4.78 is 0. The van der Waals surface area contributed by atoms with Gasteiger partial charge in [-0.25, -0.2) is 9.98 Å². The van der Waals surface area contributed by atoms with Crippen molar-refractivity contribution in [3.8, 4) is 0 Å². The van der Waals surface area contributed by atoms with Crippen LogP contribution in [0.3, 0.4) is 0 Å². The second-order valence-corrected chi connectivity index (χ2v) is 5.32. The van der Waals surface area contributed by atoms with Crippen LogP contribution in [0.15, 0.2) is 82.3 Å². The predicted molar refractivity (Wildman–Crippen MR) is 96.3 cm³/mol. The Morgan fingerprint density at radius 3 is 2.30 bits per heavy atom. The molecule has 0 saturated carbocycles. The van der Waals surface area contributed by atoms with Crippen molar-refractivity contribution in [1.29, 1.82) is 0 Å². The van der Waals surface area contributed by atoms with Crippen LogP contribution in [0, 0.1) is 0 Å². The van der Waals surface area contributed by atoms with E-state index in [1.54, 1.807) is 0 Å². The van der Waals surface area contributed by atoms with Crippen molar-refractivity contribution in [3.05, 3.63) is 77.9 Å². The van der Waals surface area contributed by atoms with Gasteiger partial charge >= 0.3 is 0 Å². The van der Waals surface area contributed by atoms with E-state index in [4.69, 9.17) is 10.7 Å². The molecule has 0 unspecified atom stereocenters. The largest absolute Gasteiger partial charge is 0.383 e. The molecule has 3 N–H and O–H groups in total. The van der Waals surface area contributed by atoms with Crippen LogP contribution in [0.2, 0.25) is 0 Å².